The quantitative estimate of drug-likeness (QED) is 0.392. The number of nitrogens with zero attached hydrogens (tertiary/aromatic N) is 2. The zero-order valence-electron chi connectivity index (χ0n) is 17.1. The molecular formula is C23H24N2O3S. The van der Waals surface area contributed by atoms with Gasteiger partial charge in [0.2, 0.25) is 0 Å². The van der Waals surface area contributed by atoms with Gasteiger partial charge in [-0.1, -0.05) is 31.2 Å². The number of benzene rings is 2. The summed E-state index contributed by atoms with van der Waals surface area (Å²) >= 11 is 1.39. The summed E-state index contributed by atoms with van der Waals surface area (Å²) in [6, 6.07) is 13.3. The minimum atomic E-state index is -0.355. The topological polar surface area (TPSA) is 59.0 Å². The van der Waals surface area contributed by atoms with Crippen LogP contribution in [0, 0.1) is 13.8 Å². The zero-order chi connectivity index (χ0) is 21.0. The molecule has 1 fully saturated rings. The van der Waals surface area contributed by atoms with Gasteiger partial charge in [-0.3, -0.25) is 19.5 Å². The van der Waals surface area contributed by atoms with Gasteiger partial charge in [0.1, 0.15) is 5.75 Å². The summed E-state index contributed by atoms with van der Waals surface area (Å²) in [6.07, 6.45) is 2.77. The number of carbonyl (C=O) groups is 2. The largest absolute Gasteiger partial charge is 0.426 e. The third-order valence-corrected chi connectivity index (χ3v) is 5.39. The molecular weight excluding hydrogens is 384 g/mol. The Hall–Kier alpha value is -2.86. The highest BCUT2D eigenvalue weighted by atomic mass is 32.2. The van der Waals surface area contributed by atoms with E-state index in [4.69, 9.17) is 4.74 Å². The molecule has 150 valence electrons. The number of amides is 1. The molecule has 0 N–H and O–H groups in total. The fourth-order valence-corrected chi connectivity index (χ4v) is 3.99. The Bertz CT molecular complexity index is 1010. The van der Waals surface area contributed by atoms with Crippen LogP contribution in [0.3, 0.4) is 0 Å². The molecule has 3 rings (SSSR count). The van der Waals surface area contributed by atoms with Crippen molar-refractivity contribution < 1.29 is 14.3 Å². The SMILES string of the molecule is CCCN=C1S/C(=C/c2ccc(OC(C)=O)c(C)c2)C(=O)N1c1ccccc1C. The van der Waals surface area contributed by atoms with Gasteiger partial charge in [0, 0.05) is 13.5 Å². The van der Waals surface area contributed by atoms with Crippen molar-refractivity contribution in [1.29, 1.82) is 0 Å². The van der Waals surface area contributed by atoms with Gasteiger partial charge in [-0.15, -0.1) is 0 Å². The van der Waals surface area contributed by atoms with Gasteiger partial charge in [-0.05, 0) is 73.0 Å². The van der Waals surface area contributed by atoms with Crippen LogP contribution in [0.5, 0.6) is 5.75 Å². The Balaban J connectivity index is 1.96. The van der Waals surface area contributed by atoms with Crippen molar-refractivity contribution in [3.63, 3.8) is 0 Å². The molecule has 2 aromatic rings. The molecule has 1 aliphatic heterocycles. The van der Waals surface area contributed by atoms with Crippen LogP contribution in [0.15, 0.2) is 52.4 Å². The highest BCUT2D eigenvalue weighted by Crippen LogP contribution is 2.37. The number of aliphatic imine (C=N–C) groups is 1. The highest BCUT2D eigenvalue weighted by Gasteiger charge is 2.35. The average molecular weight is 409 g/mol. The lowest BCUT2D eigenvalue weighted by atomic mass is 10.1. The van der Waals surface area contributed by atoms with Gasteiger partial charge in [0.05, 0.1) is 10.6 Å². The Morgan fingerprint density at radius 2 is 1.93 bits per heavy atom. The van der Waals surface area contributed by atoms with Crippen molar-refractivity contribution in [1.82, 2.24) is 0 Å². The number of hydrogen-bond acceptors (Lipinski definition) is 5. The first-order valence-electron chi connectivity index (χ1n) is 9.54. The number of aryl methyl sites for hydroxylation is 2. The number of amidine groups is 1. The number of carbonyl (C=O) groups excluding carboxylic acids is 2. The molecule has 0 atom stereocenters. The van der Waals surface area contributed by atoms with E-state index in [-0.39, 0.29) is 11.9 Å². The van der Waals surface area contributed by atoms with Crippen LogP contribution in [-0.2, 0) is 9.59 Å². The van der Waals surface area contributed by atoms with E-state index in [1.807, 2.05) is 56.3 Å². The molecule has 0 aromatic heterocycles. The van der Waals surface area contributed by atoms with Crippen molar-refractivity contribution >= 4 is 40.6 Å². The molecule has 2 aromatic carbocycles. The number of anilines is 1. The number of rotatable bonds is 5. The molecule has 6 heteroatoms. The number of thioether (sulfide) groups is 1. The summed E-state index contributed by atoms with van der Waals surface area (Å²) in [7, 11) is 0. The van der Waals surface area contributed by atoms with Crippen LogP contribution in [0.4, 0.5) is 5.69 Å². The lowest BCUT2D eigenvalue weighted by Crippen LogP contribution is -2.29. The molecule has 1 amide bonds. The summed E-state index contributed by atoms with van der Waals surface area (Å²) in [4.78, 5) is 31.4. The van der Waals surface area contributed by atoms with Crippen LogP contribution in [-0.4, -0.2) is 23.6 Å². The van der Waals surface area contributed by atoms with Gasteiger partial charge < -0.3 is 4.74 Å². The van der Waals surface area contributed by atoms with Crippen molar-refractivity contribution in [2.24, 2.45) is 4.99 Å². The molecule has 1 saturated heterocycles. The van der Waals surface area contributed by atoms with Gasteiger partial charge in [0.15, 0.2) is 5.17 Å². The summed E-state index contributed by atoms with van der Waals surface area (Å²) in [5, 5.41) is 0.700. The average Bonchev–Trinajstić information content (AvgIpc) is 2.98. The molecule has 0 aliphatic carbocycles. The minimum Gasteiger partial charge on any atom is -0.426 e. The van der Waals surface area contributed by atoms with Gasteiger partial charge in [-0.25, -0.2) is 0 Å². The Kier molecular flexibility index (Phi) is 6.54. The molecule has 1 aliphatic rings. The van der Waals surface area contributed by atoms with E-state index in [0.717, 1.165) is 28.8 Å². The second-order valence-corrected chi connectivity index (χ2v) is 7.83. The molecule has 0 saturated carbocycles. The summed E-state index contributed by atoms with van der Waals surface area (Å²) in [5.74, 6) is 0.0871. The van der Waals surface area contributed by atoms with Crippen LogP contribution in [0.2, 0.25) is 0 Å². The fraction of sp³-hybridized carbons (Fsp3) is 0.261. The lowest BCUT2D eigenvalue weighted by Gasteiger charge is -2.18. The van der Waals surface area contributed by atoms with E-state index in [1.165, 1.54) is 18.7 Å². The van der Waals surface area contributed by atoms with Crippen molar-refractivity contribution in [3.05, 3.63) is 64.1 Å². The van der Waals surface area contributed by atoms with Crippen LogP contribution in [0.1, 0.15) is 37.0 Å². The van der Waals surface area contributed by atoms with Gasteiger partial charge >= 0.3 is 5.97 Å². The summed E-state index contributed by atoms with van der Waals surface area (Å²) < 4.78 is 5.18. The number of esters is 1. The standard InChI is InChI=1S/C23H24N2O3S/c1-5-12-24-23-25(19-9-7-6-8-15(19)2)22(27)21(29-23)14-18-10-11-20(16(3)13-18)28-17(4)26/h6-11,13-14H,5,12H2,1-4H3/b21-14+,24-23?. The second-order valence-electron chi connectivity index (χ2n) is 6.82. The molecule has 0 spiro atoms. The van der Waals surface area contributed by atoms with E-state index in [2.05, 4.69) is 11.9 Å². The van der Waals surface area contributed by atoms with E-state index >= 15 is 0 Å². The molecule has 29 heavy (non-hydrogen) atoms. The Labute approximate surface area is 175 Å². The van der Waals surface area contributed by atoms with E-state index < -0.39 is 0 Å². The summed E-state index contributed by atoms with van der Waals surface area (Å²) in [6.45, 7) is 7.97. The lowest BCUT2D eigenvalue weighted by molar-refractivity contribution is -0.131. The zero-order valence-corrected chi connectivity index (χ0v) is 17.9. The molecule has 0 radical (unpaired) electrons. The maximum atomic E-state index is 13.2. The normalized spacial score (nSPS) is 16.7. The van der Waals surface area contributed by atoms with Crippen molar-refractivity contribution in [3.8, 4) is 5.75 Å². The molecule has 0 bridgehead atoms. The van der Waals surface area contributed by atoms with Crippen molar-refractivity contribution in [2.75, 3.05) is 11.4 Å². The molecule has 5 nitrogen and oxygen atoms in total. The highest BCUT2D eigenvalue weighted by molar-refractivity contribution is 8.19. The van der Waals surface area contributed by atoms with E-state index in [1.54, 1.807) is 11.0 Å². The predicted octanol–water partition coefficient (Wildman–Crippen LogP) is 5.12. The third-order valence-electron chi connectivity index (χ3n) is 4.38. The maximum Gasteiger partial charge on any atom is 0.308 e. The first-order valence-corrected chi connectivity index (χ1v) is 10.4. The minimum absolute atomic E-state index is 0.0825. The third kappa shape index (κ3) is 4.77. The van der Waals surface area contributed by atoms with E-state index in [9.17, 15) is 9.59 Å². The van der Waals surface area contributed by atoms with Crippen molar-refractivity contribution in [2.45, 2.75) is 34.1 Å². The smallest absolute Gasteiger partial charge is 0.308 e. The number of para-hydroxylation sites is 1. The second kappa shape index (κ2) is 9.09. The number of ether oxygens (including phenoxy) is 1. The Morgan fingerprint density at radius 3 is 2.59 bits per heavy atom. The number of hydrogen-bond donors (Lipinski definition) is 0. The van der Waals surface area contributed by atoms with Crippen LogP contribution < -0.4 is 9.64 Å². The monoisotopic (exact) mass is 408 g/mol. The van der Waals surface area contributed by atoms with Gasteiger partial charge in [-0.2, -0.15) is 0 Å². The summed E-state index contributed by atoms with van der Waals surface area (Å²) in [5.41, 5.74) is 3.58. The molecule has 1 heterocycles. The molecule has 0 unspecified atom stereocenters. The van der Waals surface area contributed by atoms with E-state index in [0.29, 0.717) is 22.4 Å². The Morgan fingerprint density at radius 1 is 1.17 bits per heavy atom. The fourth-order valence-electron chi connectivity index (χ4n) is 3.00. The first kappa shape index (κ1) is 20.9. The van der Waals surface area contributed by atoms with Crippen LogP contribution in [0.25, 0.3) is 6.08 Å². The first-order chi connectivity index (χ1) is 13.9. The van der Waals surface area contributed by atoms with Crippen LogP contribution >= 0.6 is 11.8 Å². The predicted molar refractivity (Wildman–Crippen MR) is 119 cm³/mol. The van der Waals surface area contributed by atoms with Gasteiger partial charge in [0.25, 0.3) is 5.91 Å². The maximum absolute atomic E-state index is 13.2.